The zero-order valence-corrected chi connectivity index (χ0v) is 17.4. The summed E-state index contributed by atoms with van der Waals surface area (Å²) in [6, 6.07) is 13.7. The van der Waals surface area contributed by atoms with Crippen LogP contribution in [0.25, 0.3) is 10.2 Å². The maximum Gasteiger partial charge on any atom is 0.298 e. The van der Waals surface area contributed by atoms with E-state index in [2.05, 4.69) is 10.2 Å². The first-order valence-electron chi connectivity index (χ1n) is 9.45. The highest BCUT2D eigenvalue weighted by atomic mass is 35.5. The lowest BCUT2D eigenvalue weighted by Crippen LogP contribution is -2.32. The van der Waals surface area contributed by atoms with Crippen molar-refractivity contribution in [2.75, 3.05) is 4.90 Å². The molecule has 1 aliphatic rings. The second-order valence-corrected chi connectivity index (χ2v) is 8.50. The number of nitrogens with zero attached hydrogens (tertiary/aromatic N) is 5. The molecule has 3 heterocycles. The first-order valence-corrected chi connectivity index (χ1v) is 10.6. The maximum absolute atomic E-state index is 13.5. The van der Waals surface area contributed by atoms with E-state index in [9.17, 15) is 4.79 Å². The van der Waals surface area contributed by atoms with Crippen LogP contribution in [-0.4, -0.2) is 25.7 Å². The van der Waals surface area contributed by atoms with Gasteiger partial charge in [0.15, 0.2) is 5.13 Å². The number of benzene rings is 2. The van der Waals surface area contributed by atoms with Crippen LogP contribution in [0.2, 0.25) is 5.02 Å². The lowest BCUT2D eigenvalue weighted by Gasteiger charge is -2.19. The van der Waals surface area contributed by atoms with Gasteiger partial charge in [-0.2, -0.15) is 0 Å². The van der Waals surface area contributed by atoms with Crippen molar-refractivity contribution < 1.29 is 4.79 Å². The van der Waals surface area contributed by atoms with E-state index in [1.165, 1.54) is 11.3 Å². The van der Waals surface area contributed by atoms with Crippen LogP contribution in [0.5, 0.6) is 0 Å². The Kier molecular flexibility index (Phi) is 4.56. The number of fused-ring (bicyclic) bond motifs is 2. The van der Waals surface area contributed by atoms with Crippen molar-refractivity contribution >= 4 is 44.2 Å². The first-order chi connectivity index (χ1) is 14.1. The molecule has 5 rings (SSSR count). The van der Waals surface area contributed by atoms with Crippen molar-refractivity contribution in [3.05, 3.63) is 70.3 Å². The van der Waals surface area contributed by atoms with Gasteiger partial charge in [-0.25, -0.2) is 4.98 Å². The van der Waals surface area contributed by atoms with E-state index in [-0.39, 0.29) is 5.91 Å². The molecule has 0 unspecified atom stereocenters. The Morgan fingerprint density at radius 3 is 2.86 bits per heavy atom. The Bertz CT molecular complexity index is 1220. The van der Waals surface area contributed by atoms with Crippen LogP contribution in [0.1, 0.15) is 34.0 Å². The highest BCUT2D eigenvalue weighted by Crippen LogP contribution is 2.34. The molecule has 0 aliphatic carbocycles. The van der Waals surface area contributed by atoms with Gasteiger partial charge >= 0.3 is 0 Å². The Balaban J connectivity index is 1.60. The van der Waals surface area contributed by atoms with E-state index in [1.54, 1.807) is 4.90 Å². The predicted octanol–water partition coefficient (Wildman–Crippen LogP) is 4.64. The summed E-state index contributed by atoms with van der Waals surface area (Å²) >= 11 is 7.76. The molecule has 4 aromatic rings. The zero-order valence-electron chi connectivity index (χ0n) is 15.8. The molecular weight excluding hydrogens is 406 g/mol. The minimum Gasteiger partial charge on any atom is -0.307 e. The number of thiazole rings is 1. The van der Waals surface area contributed by atoms with Gasteiger partial charge < -0.3 is 4.57 Å². The average Bonchev–Trinajstić information content (AvgIpc) is 3.45. The predicted molar refractivity (Wildman–Crippen MR) is 115 cm³/mol. The fraction of sp³-hybridized carbons (Fsp3) is 0.238. The van der Waals surface area contributed by atoms with Gasteiger partial charge in [0, 0.05) is 18.0 Å². The summed E-state index contributed by atoms with van der Waals surface area (Å²) in [6.45, 7) is 3.13. The van der Waals surface area contributed by atoms with Crippen LogP contribution in [0.3, 0.4) is 0 Å². The summed E-state index contributed by atoms with van der Waals surface area (Å²) in [6.07, 6.45) is 1.85. The van der Waals surface area contributed by atoms with Crippen molar-refractivity contribution in [1.82, 2.24) is 19.7 Å². The number of aryl methyl sites for hydroxylation is 2. The lowest BCUT2D eigenvalue weighted by atomic mass is 10.2. The van der Waals surface area contributed by atoms with Crippen molar-refractivity contribution in [2.24, 2.45) is 0 Å². The number of carbonyl (C=O) groups is 1. The molecule has 0 bridgehead atoms. The van der Waals surface area contributed by atoms with Crippen molar-refractivity contribution in [1.29, 1.82) is 0 Å². The monoisotopic (exact) mass is 423 g/mol. The minimum atomic E-state index is -0.183. The molecular formula is C21H18ClN5OS. The fourth-order valence-corrected chi connectivity index (χ4v) is 4.80. The molecule has 6 nitrogen and oxygen atoms in total. The van der Waals surface area contributed by atoms with Gasteiger partial charge in [-0.3, -0.25) is 9.69 Å². The maximum atomic E-state index is 13.5. The SMILES string of the molecule is Cc1c(Cl)ccc2sc(N(Cc3ccccc3)C(=O)c3nnc4n3CCC4)nc12. The molecule has 8 heteroatoms. The molecule has 0 N–H and O–H groups in total. The Morgan fingerprint density at radius 1 is 1.21 bits per heavy atom. The molecule has 0 radical (unpaired) electrons. The number of anilines is 1. The Morgan fingerprint density at radius 2 is 2.03 bits per heavy atom. The number of rotatable bonds is 4. The van der Waals surface area contributed by atoms with Crippen molar-refractivity contribution in [2.45, 2.75) is 32.9 Å². The van der Waals surface area contributed by atoms with Gasteiger partial charge in [-0.1, -0.05) is 53.3 Å². The molecule has 2 aromatic carbocycles. The number of hydrogen-bond donors (Lipinski definition) is 0. The van der Waals surface area contributed by atoms with Gasteiger partial charge in [-0.15, -0.1) is 10.2 Å². The van der Waals surface area contributed by atoms with E-state index in [0.29, 0.717) is 22.5 Å². The molecule has 29 heavy (non-hydrogen) atoms. The third kappa shape index (κ3) is 3.20. The van der Waals surface area contributed by atoms with E-state index in [0.717, 1.165) is 46.6 Å². The van der Waals surface area contributed by atoms with Gasteiger partial charge in [0.05, 0.1) is 16.8 Å². The van der Waals surface area contributed by atoms with E-state index in [1.807, 2.05) is 54.0 Å². The van der Waals surface area contributed by atoms with Crippen LogP contribution in [0.15, 0.2) is 42.5 Å². The normalized spacial score (nSPS) is 13.0. The largest absolute Gasteiger partial charge is 0.307 e. The molecule has 0 spiro atoms. The van der Waals surface area contributed by atoms with Crippen LogP contribution in [0, 0.1) is 6.92 Å². The molecule has 146 valence electrons. The summed E-state index contributed by atoms with van der Waals surface area (Å²) in [5, 5.41) is 9.69. The van der Waals surface area contributed by atoms with Crippen molar-refractivity contribution in [3.63, 3.8) is 0 Å². The van der Waals surface area contributed by atoms with E-state index < -0.39 is 0 Å². The van der Waals surface area contributed by atoms with Crippen molar-refractivity contribution in [3.8, 4) is 0 Å². The number of hydrogen-bond acceptors (Lipinski definition) is 5. The van der Waals surface area contributed by atoms with Gasteiger partial charge in [0.2, 0.25) is 5.82 Å². The zero-order chi connectivity index (χ0) is 20.0. The van der Waals surface area contributed by atoms with Crippen LogP contribution >= 0.6 is 22.9 Å². The topological polar surface area (TPSA) is 63.9 Å². The lowest BCUT2D eigenvalue weighted by molar-refractivity contribution is 0.0970. The van der Waals surface area contributed by atoms with Gasteiger partial charge in [-0.05, 0) is 36.6 Å². The summed E-state index contributed by atoms with van der Waals surface area (Å²) in [5.74, 6) is 1.07. The third-order valence-corrected chi connectivity index (χ3v) is 6.65. The third-order valence-electron chi connectivity index (χ3n) is 5.20. The Labute approximate surface area is 176 Å². The smallest absolute Gasteiger partial charge is 0.298 e. The van der Waals surface area contributed by atoms with Crippen LogP contribution in [0.4, 0.5) is 5.13 Å². The van der Waals surface area contributed by atoms with E-state index >= 15 is 0 Å². The molecule has 0 saturated carbocycles. The summed E-state index contributed by atoms with van der Waals surface area (Å²) in [5.41, 5.74) is 2.77. The summed E-state index contributed by atoms with van der Waals surface area (Å²) in [7, 11) is 0. The molecule has 0 atom stereocenters. The summed E-state index contributed by atoms with van der Waals surface area (Å²) < 4.78 is 2.93. The van der Waals surface area contributed by atoms with Crippen LogP contribution in [-0.2, 0) is 19.5 Å². The second kappa shape index (κ2) is 7.24. The highest BCUT2D eigenvalue weighted by molar-refractivity contribution is 7.22. The number of carbonyl (C=O) groups excluding carboxylic acids is 1. The molecule has 0 fully saturated rings. The number of amides is 1. The van der Waals surface area contributed by atoms with Gasteiger partial charge in [0.1, 0.15) is 5.82 Å². The quantitative estimate of drug-likeness (QED) is 0.479. The molecule has 2 aromatic heterocycles. The average molecular weight is 424 g/mol. The Hall–Kier alpha value is -2.77. The number of aromatic nitrogens is 4. The molecule has 1 aliphatic heterocycles. The first kappa shape index (κ1) is 18.3. The summed E-state index contributed by atoms with van der Waals surface area (Å²) in [4.78, 5) is 20.0. The fourth-order valence-electron chi connectivity index (χ4n) is 3.63. The standard InChI is InChI=1S/C21H18ClN5OS/c1-13-15(22)9-10-16-18(13)23-21(29-16)27(12-14-6-3-2-4-7-14)20(28)19-25-24-17-8-5-11-26(17)19/h2-4,6-7,9-10H,5,8,11-12H2,1H3. The minimum absolute atomic E-state index is 0.183. The molecule has 0 saturated heterocycles. The van der Waals surface area contributed by atoms with Crippen LogP contribution < -0.4 is 4.90 Å². The highest BCUT2D eigenvalue weighted by Gasteiger charge is 2.29. The second-order valence-electron chi connectivity index (χ2n) is 7.09. The number of halogens is 1. The van der Waals surface area contributed by atoms with Gasteiger partial charge in [0.25, 0.3) is 5.91 Å². The van der Waals surface area contributed by atoms with E-state index in [4.69, 9.17) is 16.6 Å². The molecule has 1 amide bonds.